The molecule has 0 atom stereocenters. The van der Waals surface area contributed by atoms with Crippen molar-refractivity contribution in [2.24, 2.45) is 5.73 Å². The first-order valence-corrected chi connectivity index (χ1v) is 6.24. The SMILES string of the molecule is NC(=O)CCSCc1cccc(Br)c1. The predicted molar refractivity (Wildman–Crippen MR) is 64.1 cm³/mol. The zero-order valence-electron chi connectivity index (χ0n) is 7.70. The molecule has 76 valence electrons. The average Bonchev–Trinajstić information content (AvgIpc) is 2.12. The molecule has 2 N–H and O–H groups in total. The van der Waals surface area contributed by atoms with Crippen molar-refractivity contribution in [1.82, 2.24) is 0 Å². The minimum atomic E-state index is -0.230. The molecule has 1 amide bonds. The summed E-state index contributed by atoms with van der Waals surface area (Å²) in [6.07, 6.45) is 0.457. The van der Waals surface area contributed by atoms with Gasteiger partial charge in [-0.3, -0.25) is 4.79 Å². The van der Waals surface area contributed by atoms with Gasteiger partial charge in [0.2, 0.25) is 5.91 Å². The standard InChI is InChI=1S/C10H12BrNOS/c11-9-3-1-2-8(6-9)7-14-5-4-10(12)13/h1-3,6H,4-5,7H2,(H2,12,13). The van der Waals surface area contributed by atoms with Crippen molar-refractivity contribution < 1.29 is 4.79 Å². The van der Waals surface area contributed by atoms with Crippen LogP contribution in [-0.2, 0) is 10.5 Å². The summed E-state index contributed by atoms with van der Waals surface area (Å²) < 4.78 is 1.09. The fraction of sp³-hybridized carbons (Fsp3) is 0.300. The van der Waals surface area contributed by atoms with Gasteiger partial charge in [-0.05, 0) is 17.7 Å². The Balaban J connectivity index is 2.28. The van der Waals surface area contributed by atoms with Gasteiger partial charge in [-0.2, -0.15) is 11.8 Å². The average molecular weight is 274 g/mol. The van der Waals surface area contributed by atoms with Crippen molar-refractivity contribution in [3.63, 3.8) is 0 Å². The van der Waals surface area contributed by atoms with Gasteiger partial charge in [-0.1, -0.05) is 28.1 Å². The number of primary amides is 1. The molecule has 1 aromatic rings. The molecule has 0 saturated heterocycles. The van der Waals surface area contributed by atoms with E-state index in [1.165, 1.54) is 5.56 Å². The van der Waals surface area contributed by atoms with Crippen LogP contribution in [0.25, 0.3) is 0 Å². The highest BCUT2D eigenvalue weighted by atomic mass is 79.9. The van der Waals surface area contributed by atoms with Crippen LogP contribution in [0.3, 0.4) is 0 Å². The van der Waals surface area contributed by atoms with Gasteiger partial charge in [0.05, 0.1) is 0 Å². The quantitative estimate of drug-likeness (QED) is 0.838. The maximum absolute atomic E-state index is 10.5. The van der Waals surface area contributed by atoms with Gasteiger partial charge in [0.15, 0.2) is 0 Å². The normalized spacial score (nSPS) is 10.1. The Labute approximate surface area is 96.4 Å². The molecule has 14 heavy (non-hydrogen) atoms. The largest absolute Gasteiger partial charge is 0.370 e. The first-order valence-electron chi connectivity index (χ1n) is 4.29. The summed E-state index contributed by atoms with van der Waals surface area (Å²) >= 11 is 5.13. The zero-order chi connectivity index (χ0) is 10.4. The molecular formula is C10H12BrNOS. The highest BCUT2D eigenvalue weighted by molar-refractivity contribution is 9.10. The summed E-state index contributed by atoms with van der Waals surface area (Å²) in [4.78, 5) is 10.5. The highest BCUT2D eigenvalue weighted by Crippen LogP contribution is 2.17. The molecule has 0 saturated carbocycles. The molecule has 0 unspecified atom stereocenters. The monoisotopic (exact) mass is 273 g/mol. The molecule has 1 aromatic carbocycles. The van der Waals surface area contributed by atoms with E-state index in [9.17, 15) is 4.79 Å². The highest BCUT2D eigenvalue weighted by Gasteiger charge is 1.97. The third kappa shape index (κ3) is 4.67. The number of carbonyl (C=O) groups excluding carboxylic acids is 1. The van der Waals surface area contributed by atoms with Gasteiger partial charge in [0, 0.05) is 22.4 Å². The van der Waals surface area contributed by atoms with Crippen molar-refractivity contribution >= 4 is 33.6 Å². The molecule has 0 spiro atoms. The molecule has 0 fully saturated rings. The van der Waals surface area contributed by atoms with E-state index < -0.39 is 0 Å². The number of amides is 1. The Morgan fingerprint density at radius 1 is 1.50 bits per heavy atom. The number of rotatable bonds is 5. The smallest absolute Gasteiger partial charge is 0.218 e. The second-order valence-corrected chi connectivity index (χ2v) is 4.92. The van der Waals surface area contributed by atoms with Crippen molar-refractivity contribution in [1.29, 1.82) is 0 Å². The lowest BCUT2D eigenvalue weighted by molar-refractivity contribution is -0.117. The molecule has 4 heteroatoms. The Kier molecular flexibility index (Phi) is 5.04. The van der Waals surface area contributed by atoms with E-state index in [0.717, 1.165) is 16.0 Å². The molecule has 1 rings (SSSR count). The van der Waals surface area contributed by atoms with Gasteiger partial charge >= 0.3 is 0 Å². The first-order chi connectivity index (χ1) is 6.68. The lowest BCUT2D eigenvalue weighted by atomic mass is 10.2. The second kappa shape index (κ2) is 6.09. The molecule has 0 heterocycles. The lowest BCUT2D eigenvalue weighted by Gasteiger charge is -2.01. The summed E-state index contributed by atoms with van der Waals surface area (Å²) in [5, 5.41) is 0. The van der Waals surface area contributed by atoms with Gasteiger partial charge in [0.25, 0.3) is 0 Å². The van der Waals surface area contributed by atoms with Gasteiger partial charge in [-0.15, -0.1) is 0 Å². The van der Waals surface area contributed by atoms with Crippen LogP contribution in [0.15, 0.2) is 28.7 Å². The fourth-order valence-electron chi connectivity index (χ4n) is 0.990. The van der Waals surface area contributed by atoms with Crippen molar-refractivity contribution in [3.05, 3.63) is 34.3 Å². The Morgan fingerprint density at radius 2 is 2.29 bits per heavy atom. The molecule has 0 aliphatic rings. The molecule has 0 bridgehead atoms. The van der Waals surface area contributed by atoms with Crippen LogP contribution in [0.2, 0.25) is 0 Å². The molecule has 0 aliphatic carbocycles. The van der Waals surface area contributed by atoms with Gasteiger partial charge in [0.1, 0.15) is 0 Å². The minimum absolute atomic E-state index is 0.230. The van der Waals surface area contributed by atoms with E-state index in [-0.39, 0.29) is 5.91 Å². The fourth-order valence-corrected chi connectivity index (χ4v) is 2.34. The van der Waals surface area contributed by atoms with Crippen molar-refractivity contribution in [2.45, 2.75) is 12.2 Å². The Morgan fingerprint density at radius 3 is 2.93 bits per heavy atom. The van der Waals surface area contributed by atoms with Crippen LogP contribution in [-0.4, -0.2) is 11.7 Å². The van der Waals surface area contributed by atoms with Crippen LogP contribution in [0.5, 0.6) is 0 Å². The summed E-state index contributed by atoms with van der Waals surface area (Å²) in [6.45, 7) is 0. The van der Waals surface area contributed by atoms with Crippen LogP contribution < -0.4 is 5.73 Å². The van der Waals surface area contributed by atoms with Gasteiger partial charge < -0.3 is 5.73 Å². The van der Waals surface area contributed by atoms with Gasteiger partial charge in [-0.25, -0.2) is 0 Å². The van der Waals surface area contributed by atoms with Crippen molar-refractivity contribution in [2.75, 3.05) is 5.75 Å². The van der Waals surface area contributed by atoms with E-state index in [4.69, 9.17) is 5.73 Å². The van der Waals surface area contributed by atoms with E-state index >= 15 is 0 Å². The number of hydrogen-bond acceptors (Lipinski definition) is 2. The topological polar surface area (TPSA) is 43.1 Å². The maximum Gasteiger partial charge on any atom is 0.218 e. The van der Waals surface area contributed by atoms with Crippen molar-refractivity contribution in [3.8, 4) is 0 Å². The number of nitrogens with two attached hydrogens (primary N) is 1. The third-order valence-electron chi connectivity index (χ3n) is 1.65. The number of hydrogen-bond donors (Lipinski definition) is 1. The minimum Gasteiger partial charge on any atom is -0.370 e. The van der Waals surface area contributed by atoms with E-state index in [1.807, 2.05) is 12.1 Å². The Hall–Kier alpha value is -0.480. The van der Waals surface area contributed by atoms with Crippen LogP contribution in [0.1, 0.15) is 12.0 Å². The van der Waals surface area contributed by atoms with Crippen LogP contribution in [0.4, 0.5) is 0 Å². The van der Waals surface area contributed by atoms with Crippen LogP contribution in [0, 0.1) is 0 Å². The number of benzene rings is 1. The van der Waals surface area contributed by atoms with E-state index in [2.05, 4.69) is 28.1 Å². The number of carbonyl (C=O) groups is 1. The summed E-state index contributed by atoms with van der Waals surface area (Å²) in [6, 6.07) is 8.16. The van der Waals surface area contributed by atoms with E-state index in [1.54, 1.807) is 11.8 Å². The van der Waals surface area contributed by atoms with Crippen LogP contribution >= 0.6 is 27.7 Å². The molecule has 0 aliphatic heterocycles. The number of thioether (sulfide) groups is 1. The second-order valence-electron chi connectivity index (χ2n) is 2.90. The molecule has 0 aromatic heterocycles. The summed E-state index contributed by atoms with van der Waals surface area (Å²) in [7, 11) is 0. The molecule has 0 radical (unpaired) electrons. The summed E-state index contributed by atoms with van der Waals surface area (Å²) in [5.41, 5.74) is 6.29. The predicted octanol–water partition coefficient (Wildman–Crippen LogP) is 2.56. The lowest BCUT2D eigenvalue weighted by Crippen LogP contribution is -2.10. The Bertz CT molecular complexity index is 317. The number of halogens is 1. The molecular weight excluding hydrogens is 262 g/mol. The zero-order valence-corrected chi connectivity index (χ0v) is 10.1. The third-order valence-corrected chi connectivity index (χ3v) is 3.17. The van der Waals surface area contributed by atoms with E-state index in [0.29, 0.717) is 6.42 Å². The molecule has 2 nitrogen and oxygen atoms in total. The summed E-state index contributed by atoms with van der Waals surface area (Å²) in [5.74, 6) is 1.49. The maximum atomic E-state index is 10.5. The first kappa shape index (κ1) is 11.6.